The summed E-state index contributed by atoms with van der Waals surface area (Å²) in [5.41, 5.74) is 1.69. The van der Waals surface area contributed by atoms with Gasteiger partial charge in [-0.05, 0) is 49.2 Å². The van der Waals surface area contributed by atoms with Crippen molar-refractivity contribution in [3.63, 3.8) is 0 Å². The summed E-state index contributed by atoms with van der Waals surface area (Å²) in [5, 5.41) is 4.10. The first-order valence-electron chi connectivity index (χ1n) is 7.02. The van der Waals surface area contributed by atoms with Gasteiger partial charge in [0.15, 0.2) is 0 Å². The molecule has 2 aromatic heterocycles. The van der Waals surface area contributed by atoms with Crippen LogP contribution in [0.3, 0.4) is 0 Å². The second-order valence-corrected chi connectivity index (χ2v) is 7.27. The summed E-state index contributed by atoms with van der Waals surface area (Å²) >= 11 is 5.08. The fourth-order valence-corrected chi connectivity index (χ4v) is 3.77. The molecule has 0 saturated heterocycles. The van der Waals surface area contributed by atoms with Crippen LogP contribution in [0.1, 0.15) is 52.4 Å². The van der Waals surface area contributed by atoms with E-state index in [0.717, 1.165) is 33.0 Å². The third kappa shape index (κ3) is 3.74. The lowest BCUT2D eigenvalue weighted by atomic mass is 10.2. The van der Waals surface area contributed by atoms with Crippen molar-refractivity contribution in [2.75, 3.05) is 0 Å². The molecule has 0 fully saturated rings. The molecule has 0 saturated carbocycles. The van der Waals surface area contributed by atoms with Crippen molar-refractivity contribution in [2.45, 2.75) is 46.7 Å². The van der Waals surface area contributed by atoms with Crippen molar-refractivity contribution in [2.24, 2.45) is 0 Å². The van der Waals surface area contributed by atoms with Crippen LogP contribution in [0.4, 0.5) is 0 Å². The molecule has 2 aromatic rings. The lowest BCUT2D eigenvalue weighted by Crippen LogP contribution is -2.28. The van der Waals surface area contributed by atoms with E-state index in [1.165, 1.54) is 0 Å². The minimum Gasteiger partial charge on any atom is -0.343 e. The molecule has 2 rings (SSSR count). The molecule has 4 nitrogen and oxygen atoms in total. The first-order chi connectivity index (χ1) is 9.92. The maximum absolute atomic E-state index is 12.5. The SMILES string of the molecule is CCCn1cc(Br)cc1C(=O)NC(C)c1sc(C)nc1C. The number of amides is 1. The highest BCUT2D eigenvalue weighted by Crippen LogP contribution is 2.25. The maximum Gasteiger partial charge on any atom is 0.268 e. The summed E-state index contributed by atoms with van der Waals surface area (Å²) in [6, 6.07) is 1.83. The van der Waals surface area contributed by atoms with Gasteiger partial charge in [0.25, 0.3) is 5.91 Å². The molecule has 1 unspecified atom stereocenters. The predicted octanol–water partition coefficient (Wildman–Crippen LogP) is 4.22. The summed E-state index contributed by atoms with van der Waals surface area (Å²) in [5.74, 6) is -0.0490. The molecule has 1 amide bonds. The molecule has 114 valence electrons. The zero-order valence-corrected chi connectivity index (χ0v) is 15.1. The number of halogens is 1. The van der Waals surface area contributed by atoms with E-state index in [-0.39, 0.29) is 11.9 Å². The number of rotatable bonds is 5. The Balaban J connectivity index is 2.16. The van der Waals surface area contributed by atoms with Gasteiger partial charge in [-0.3, -0.25) is 4.79 Å². The topological polar surface area (TPSA) is 46.9 Å². The van der Waals surface area contributed by atoms with E-state index < -0.39 is 0 Å². The van der Waals surface area contributed by atoms with Gasteiger partial charge >= 0.3 is 0 Å². The maximum atomic E-state index is 12.5. The van der Waals surface area contributed by atoms with Gasteiger partial charge in [0.05, 0.1) is 16.7 Å². The third-order valence-corrected chi connectivity index (χ3v) is 4.93. The van der Waals surface area contributed by atoms with E-state index >= 15 is 0 Å². The highest BCUT2D eigenvalue weighted by Gasteiger charge is 2.18. The number of thiazole rings is 1. The van der Waals surface area contributed by atoms with Crippen LogP contribution in [-0.4, -0.2) is 15.5 Å². The monoisotopic (exact) mass is 369 g/mol. The molecule has 6 heteroatoms. The van der Waals surface area contributed by atoms with Crippen molar-refractivity contribution in [1.82, 2.24) is 14.9 Å². The number of hydrogen-bond donors (Lipinski definition) is 1. The van der Waals surface area contributed by atoms with E-state index in [2.05, 4.69) is 33.2 Å². The first kappa shape index (κ1) is 16.2. The molecule has 2 heterocycles. The van der Waals surface area contributed by atoms with Gasteiger partial charge in [0.1, 0.15) is 5.69 Å². The van der Waals surface area contributed by atoms with Crippen molar-refractivity contribution >= 4 is 33.2 Å². The molecule has 0 aliphatic rings. The molecule has 0 aliphatic heterocycles. The van der Waals surface area contributed by atoms with Crippen LogP contribution in [0.25, 0.3) is 0 Å². The molecule has 0 radical (unpaired) electrons. The number of carbonyl (C=O) groups excluding carboxylic acids is 1. The van der Waals surface area contributed by atoms with Gasteiger partial charge in [-0.2, -0.15) is 0 Å². The summed E-state index contributed by atoms with van der Waals surface area (Å²) in [6.07, 6.45) is 2.94. The lowest BCUT2D eigenvalue weighted by molar-refractivity contribution is 0.0931. The fraction of sp³-hybridized carbons (Fsp3) is 0.467. The second-order valence-electron chi connectivity index (χ2n) is 5.11. The average molecular weight is 370 g/mol. The third-order valence-electron chi connectivity index (χ3n) is 3.24. The molecule has 1 N–H and O–H groups in total. The van der Waals surface area contributed by atoms with Crippen molar-refractivity contribution < 1.29 is 4.79 Å². The molecule has 0 spiro atoms. The van der Waals surface area contributed by atoms with Gasteiger partial charge in [-0.25, -0.2) is 4.98 Å². The Morgan fingerprint density at radius 3 is 2.81 bits per heavy atom. The van der Waals surface area contributed by atoms with Gasteiger partial charge in [-0.15, -0.1) is 11.3 Å². The van der Waals surface area contributed by atoms with Crippen LogP contribution >= 0.6 is 27.3 Å². The van der Waals surface area contributed by atoms with Gasteiger partial charge < -0.3 is 9.88 Å². The van der Waals surface area contributed by atoms with E-state index in [1.807, 2.05) is 37.6 Å². The Hall–Kier alpha value is -1.14. The van der Waals surface area contributed by atoms with E-state index in [0.29, 0.717) is 5.69 Å². The molecule has 0 bridgehead atoms. The van der Waals surface area contributed by atoms with Crippen LogP contribution in [0.15, 0.2) is 16.7 Å². The van der Waals surface area contributed by atoms with Gasteiger partial charge in [0.2, 0.25) is 0 Å². The van der Waals surface area contributed by atoms with Crippen molar-refractivity contribution in [3.05, 3.63) is 38.0 Å². The highest BCUT2D eigenvalue weighted by molar-refractivity contribution is 9.10. The van der Waals surface area contributed by atoms with E-state index in [4.69, 9.17) is 0 Å². The minimum atomic E-state index is -0.0490. The molecule has 1 atom stereocenters. The Kier molecular flexibility index (Phi) is 5.22. The normalized spacial score (nSPS) is 12.4. The van der Waals surface area contributed by atoms with Crippen LogP contribution in [0, 0.1) is 13.8 Å². The molecule has 0 aromatic carbocycles. The molecular formula is C15H20BrN3OS. The van der Waals surface area contributed by atoms with E-state index in [1.54, 1.807) is 11.3 Å². The largest absolute Gasteiger partial charge is 0.343 e. The first-order valence-corrected chi connectivity index (χ1v) is 8.63. The van der Waals surface area contributed by atoms with Gasteiger partial charge in [-0.1, -0.05) is 6.92 Å². The Morgan fingerprint density at radius 2 is 2.24 bits per heavy atom. The summed E-state index contributed by atoms with van der Waals surface area (Å²) in [6.45, 7) is 8.90. The van der Waals surface area contributed by atoms with Crippen molar-refractivity contribution in [1.29, 1.82) is 0 Å². The van der Waals surface area contributed by atoms with Crippen LogP contribution < -0.4 is 5.32 Å². The molecule has 0 aliphatic carbocycles. The van der Waals surface area contributed by atoms with E-state index in [9.17, 15) is 4.79 Å². The van der Waals surface area contributed by atoms with Crippen molar-refractivity contribution in [3.8, 4) is 0 Å². The predicted molar refractivity (Wildman–Crippen MR) is 89.9 cm³/mol. The molecule has 21 heavy (non-hydrogen) atoms. The quantitative estimate of drug-likeness (QED) is 0.857. The Labute approximate surface area is 137 Å². The second kappa shape index (κ2) is 6.75. The number of hydrogen-bond acceptors (Lipinski definition) is 3. The lowest BCUT2D eigenvalue weighted by Gasteiger charge is -2.14. The summed E-state index contributed by atoms with van der Waals surface area (Å²) < 4.78 is 2.91. The fourth-order valence-electron chi connectivity index (χ4n) is 2.38. The van der Waals surface area contributed by atoms with Crippen LogP contribution in [0.2, 0.25) is 0 Å². The number of aryl methyl sites for hydroxylation is 3. The minimum absolute atomic E-state index is 0.0348. The van der Waals surface area contributed by atoms with Crippen LogP contribution in [-0.2, 0) is 6.54 Å². The number of nitrogens with one attached hydrogen (secondary N) is 1. The zero-order chi connectivity index (χ0) is 15.6. The average Bonchev–Trinajstić information content (AvgIpc) is 2.92. The smallest absolute Gasteiger partial charge is 0.268 e. The standard InChI is InChI=1S/C15H20BrN3OS/c1-5-6-19-8-12(16)7-13(19)15(20)18-10(3)14-9(2)17-11(4)21-14/h7-8,10H,5-6H2,1-4H3,(H,18,20). The highest BCUT2D eigenvalue weighted by atomic mass is 79.9. The van der Waals surface area contributed by atoms with Gasteiger partial charge in [0, 0.05) is 22.1 Å². The number of carbonyl (C=O) groups is 1. The summed E-state index contributed by atoms with van der Waals surface area (Å²) in [4.78, 5) is 18.0. The zero-order valence-electron chi connectivity index (χ0n) is 12.7. The summed E-state index contributed by atoms with van der Waals surface area (Å²) in [7, 11) is 0. The Bertz CT molecular complexity index is 647. The number of aromatic nitrogens is 2. The molecular weight excluding hydrogens is 350 g/mol. The van der Waals surface area contributed by atoms with Crippen LogP contribution in [0.5, 0.6) is 0 Å². The Morgan fingerprint density at radius 1 is 1.52 bits per heavy atom. The number of nitrogens with zero attached hydrogens (tertiary/aromatic N) is 2.